The monoisotopic (exact) mass is 405 g/mol. The number of hydrogen-bond donors (Lipinski definition) is 1. The van der Waals surface area contributed by atoms with Crippen LogP contribution in [0.4, 0.5) is 8.78 Å². The summed E-state index contributed by atoms with van der Waals surface area (Å²) < 4.78 is 30.4. The van der Waals surface area contributed by atoms with E-state index in [0.29, 0.717) is 25.8 Å². The van der Waals surface area contributed by atoms with Gasteiger partial charge in [-0.25, -0.2) is 4.68 Å². The zero-order chi connectivity index (χ0) is 20.9. The van der Waals surface area contributed by atoms with Crippen LogP contribution in [0.1, 0.15) is 37.1 Å². The highest BCUT2D eigenvalue weighted by molar-refractivity contribution is 5.79. The van der Waals surface area contributed by atoms with Crippen LogP contribution in [0.15, 0.2) is 42.5 Å². The standard InChI is InChI=1S/C20H25F2N5O2/c1-26-18(23-24-25-26)9-5-6-14-27-16(11-13-19(27)29)10-12-17(28)20(21,22)15-7-3-2-4-8-15/h2-4,7-8,10,12,16-17,28H,5-6,9,11,13-14H2,1H3/t16-,17?/m0/s1. The summed E-state index contributed by atoms with van der Waals surface area (Å²) in [4.78, 5) is 13.9. The minimum Gasteiger partial charge on any atom is -0.382 e. The quantitative estimate of drug-likeness (QED) is 0.511. The zero-order valence-corrected chi connectivity index (χ0v) is 16.3. The van der Waals surface area contributed by atoms with Crippen molar-refractivity contribution in [2.24, 2.45) is 7.05 Å². The third kappa shape index (κ3) is 5.03. The lowest BCUT2D eigenvalue weighted by Gasteiger charge is -2.24. The molecule has 1 N–H and O–H groups in total. The van der Waals surface area contributed by atoms with Gasteiger partial charge in [0, 0.05) is 32.0 Å². The van der Waals surface area contributed by atoms with E-state index in [4.69, 9.17) is 0 Å². The van der Waals surface area contributed by atoms with Gasteiger partial charge in [0.15, 0.2) is 5.82 Å². The van der Waals surface area contributed by atoms with Gasteiger partial charge in [0.25, 0.3) is 0 Å². The Morgan fingerprint density at radius 1 is 1.31 bits per heavy atom. The Labute approximate surface area is 168 Å². The van der Waals surface area contributed by atoms with Crippen molar-refractivity contribution in [1.29, 1.82) is 0 Å². The smallest absolute Gasteiger partial charge is 0.302 e. The molecule has 0 spiro atoms. The number of hydrogen-bond acceptors (Lipinski definition) is 5. The highest BCUT2D eigenvalue weighted by atomic mass is 19.3. The molecule has 0 bridgehead atoms. The van der Waals surface area contributed by atoms with Gasteiger partial charge in [0.1, 0.15) is 6.10 Å². The molecule has 29 heavy (non-hydrogen) atoms. The van der Waals surface area contributed by atoms with Gasteiger partial charge in [-0.3, -0.25) is 4.79 Å². The number of nitrogens with zero attached hydrogens (tertiary/aromatic N) is 5. The lowest BCUT2D eigenvalue weighted by Crippen LogP contribution is -2.34. The van der Waals surface area contributed by atoms with E-state index < -0.39 is 12.0 Å². The first kappa shape index (κ1) is 21.0. The van der Waals surface area contributed by atoms with Gasteiger partial charge in [0.05, 0.1) is 6.04 Å². The van der Waals surface area contributed by atoms with Gasteiger partial charge in [-0.05, 0) is 29.7 Å². The number of benzene rings is 1. The Kier molecular flexibility index (Phi) is 6.68. The second-order valence-electron chi connectivity index (χ2n) is 7.19. The maximum atomic E-state index is 14.4. The summed E-state index contributed by atoms with van der Waals surface area (Å²) in [5.74, 6) is -2.61. The number of alkyl halides is 2. The molecule has 0 radical (unpaired) electrons. The number of carbonyl (C=O) groups is 1. The van der Waals surface area contributed by atoms with Crippen LogP contribution in [-0.4, -0.2) is 54.8 Å². The molecular formula is C20H25F2N5O2. The van der Waals surface area contributed by atoms with Crippen LogP contribution in [-0.2, 0) is 24.2 Å². The maximum absolute atomic E-state index is 14.4. The molecule has 1 aliphatic rings. The molecular weight excluding hydrogens is 380 g/mol. The van der Waals surface area contributed by atoms with E-state index >= 15 is 0 Å². The fraction of sp³-hybridized carbons (Fsp3) is 0.500. The lowest BCUT2D eigenvalue weighted by molar-refractivity contribution is -0.128. The molecule has 1 saturated heterocycles. The number of likely N-dealkylation sites (tertiary alicyclic amines) is 1. The summed E-state index contributed by atoms with van der Waals surface area (Å²) in [6.45, 7) is 0.532. The third-order valence-corrected chi connectivity index (χ3v) is 5.18. The Hall–Kier alpha value is -2.68. The molecule has 9 heteroatoms. The average molecular weight is 405 g/mol. The van der Waals surface area contributed by atoms with Crippen molar-refractivity contribution in [3.63, 3.8) is 0 Å². The number of aliphatic hydroxyl groups excluding tert-OH is 1. The van der Waals surface area contributed by atoms with Crippen LogP contribution >= 0.6 is 0 Å². The van der Waals surface area contributed by atoms with Gasteiger partial charge in [-0.2, -0.15) is 8.78 Å². The number of halogens is 2. The van der Waals surface area contributed by atoms with Crippen molar-refractivity contribution in [3.05, 3.63) is 53.9 Å². The molecule has 1 fully saturated rings. The number of rotatable bonds is 9. The maximum Gasteiger partial charge on any atom is 0.302 e. The van der Waals surface area contributed by atoms with E-state index in [1.54, 1.807) is 22.7 Å². The molecule has 2 aromatic rings. The molecule has 0 saturated carbocycles. The number of aliphatic hydroxyl groups is 1. The molecule has 2 atom stereocenters. The van der Waals surface area contributed by atoms with Crippen LogP contribution in [0.25, 0.3) is 0 Å². The molecule has 0 aliphatic carbocycles. The summed E-state index contributed by atoms with van der Waals surface area (Å²) in [6, 6.07) is 6.96. The van der Waals surface area contributed by atoms with E-state index in [9.17, 15) is 18.7 Å². The Morgan fingerprint density at radius 3 is 2.76 bits per heavy atom. The molecule has 2 heterocycles. The predicted octanol–water partition coefficient (Wildman–Crippen LogP) is 2.23. The third-order valence-electron chi connectivity index (χ3n) is 5.18. The highest BCUT2D eigenvalue weighted by Gasteiger charge is 2.39. The second-order valence-corrected chi connectivity index (χ2v) is 7.19. The zero-order valence-electron chi connectivity index (χ0n) is 16.3. The van der Waals surface area contributed by atoms with E-state index in [0.717, 1.165) is 24.7 Å². The summed E-state index contributed by atoms with van der Waals surface area (Å²) in [5.41, 5.74) is -0.241. The average Bonchev–Trinajstić information content (AvgIpc) is 3.29. The molecule has 1 unspecified atom stereocenters. The summed E-state index contributed by atoms with van der Waals surface area (Å²) in [5, 5.41) is 21.3. The van der Waals surface area contributed by atoms with Gasteiger partial charge in [0.2, 0.25) is 5.91 Å². The van der Waals surface area contributed by atoms with Crippen LogP contribution in [0, 0.1) is 0 Å². The number of amides is 1. The fourth-order valence-electron chi connectivity index (χ4n) is 3.46. The second kappa shape index (κ2) is 9.21. The fourth-order valence-corrected chi connectivity index (χ4v) is 3.46. The minimum absolute atomic E-state index is 0.00397. The first-order chi connectivity index (χ1) is 13.9. The number of aromatic nitrogens is 4. The van der Waals surface area contributed by atoms with Crippen molar-refractivity contribution in [1.82, 2.24) is 25.1 Å². The molecule has 1 aliphatic heterocycles. The first-order valence-electron chi connectivity index (χ1n) is 9.70. The molecule has 1 aromatic carbocycles. The van der Waals surface area contributed by atoms with E-state index in [1.807, 2.05) is 0 Å². The molecule has 3 rings (SSSR count). The summed E-state index contributed by atoms with van der Waals surface area (Å²) >= 11 is 0. The Balaban J connectivity index is 1.54. The molecule has 1 aromatic heterocycles. The molecule has 156 valence electrons. The van der Waals surface area contributed by atoms with E-state index in [2.05, 4.69) is 15.5 Å². The molecule has 1 amide bonds. The number of carbonyl (C=O) groups excluding carboxylic acids is 1. The van der Waals surface area contributed by atoms with Crippen LogP contribution < -0.4 is 0 Å². The van der Waals surface area contributed by atoms with Crippen molar-refractivity contribution >= 4 is 5.91 Å². The van der Waals surface area contributed by atoms with Crippen molar-refractivity contribution < 1.29 is 18.7 Å². The lowest BCUT2D eigenvalue weighted by atomic mass is 10.0. The van der Waals surface area contributed by atoms with Crippen LogP contribution in [0.5, 0.6) is 0 Å². The molecule has 7 nitrogen and oxygen atoms in total. The van der Waals surface area contributed by atoms with E-state index in [-0.39, 0.29) is 17.5 Å². The topological polar surface area (TPSA) is 84.1 Å². The summed E-state index contributed by atoms with van der Waals surface area (Å²) in [6.07, 6.45) is 3.89. The van der Waals surface area contributed by atoms with Crippen molar-refractivity contribution in [3.8, 4) is 0 Å². The normalized spacial score (nSPS) is 18.7. The number of tetrazole rings is 1. The predicted molar refractivity (Wildman–Crippen MR) is 102 cm³/mol. The van der Waals surface area contributed by atoms with E-state index in [1.165, 1.54) is 30.3 Å². The highest BCUT2D eigenvalue weighted by Crippen LogP contribution is 2.32. The number of aryl methyl sites for hydroxylation is 2. The van der Waals surface area contributed by atoms with Gasteiger partial charge < -0.3 is 10.0 Å². The van der Waals surface area contributed by atoms with Crippen molar-refractivity contribution in [2.45, 2.75) is 50.2 Å². The van der Waals surface area contributed by atoms with Crippen LogP contribution in [0.2, 0.25) is 0 Å². The first-order valence-corrected chi connectivity index (χ1v) is 9.70. The van der Waals surface area contributed by atoms with Crippen LogP contribution in [0.3, 0.4) is 0 Å². The van der Waals surface area contributed by atoms with Gasteiger partial charge in [-0.1, -0.05) is 42.5 Å². The number of unbranched alkanes of at least 4 members (excludes halogenated alkanes) is 1. The minimum atomic E-state index is -3.39. The summed E-state index contributed by atoms with van der Waals surface area (Å²) in [7, 11) is 1.77. The SMILES string of the molecule is Cn1nnnc1CCCCN1C(=O)CC[C@@H]1C=CC(O)C(F)(F)c1ccccc1. The van der Waals surface area contributed by atoms with Gasteiger partial charge >= 0.3 is 5.92 Å². The Morgan fingerprint density at radius 2 is 2.07 bits per heavy atom. The van der Waals surface area contributed by atoms with Crippen molar-refractivity contribution in [2.75, 3.05) is 6.54 Å². The van der Waals surface area contributed by atoms with Gasteiger partial charge in [-0.15, -0.1) is 5.10 Å². The Bertz CT molecular complexity index is 840. The largest absolute Gasteiger partial charge is 0.382 e.